The number of azide groups is 2. The maximum atomic E-state index is 11.5. The average Bonchev–Trinajstić information content (AvgIpc) is 2.48. The number of benzene rings is 2. The average molecular weight is 316 g/mol. The van der Waals surface area contributed by atoms with Gasteiger partial charge in [0.05, 0.1) is 0 Å². The Morgan fingerprint density at radius 1 is 0.909 bits per heavy atom. The zero-order valence-corrected chi connectivity index (χ0v) is 11.7. The molecule has 110 valence electrons. The summed E-state index contributed by atoms with van der Waals surface area (Å²) >= 11 is 0. The lowest BCUT2D eigenvalue weighted by Crippen LogP contribution is -2.00. The van der Waals surface area contributed by atoms with E-state index in [0.29, 0.717) is 11.3 Å². The Morgan fingerprint density at radius 3 is 2.00 bits per heavy atom. The highest BCUT2D eigenvalue weighted by Gasteiger charge is 2.17. The summed E-state index contributed by atoms with van der Waals surface area (Å²) in [5.41, 5.74) is 17.9. The van der Waals surface area contributed by atoms with Crippen molar-refractivity contribution in [1.82, 2.24) is 0 Å². The highest BCUT2D eigenvalue weighted by Crippen LogP contribution is 2.32. The van der Waals surface area contributed by atoms with Crippen LogP contribution >= 0.6 is 0 Å². The Kier molecular flexibility index (Phi) is 4.31. The van der Waals surface area contributed by atoms with Crippen molar-refractivity contribution in [3.63, 3.8) is 0 Å². The monoisotopic (exact) mass is 316 g/mol. The predicted octanol–water partition coefficient (Wildman–Crippen LogP) is 4.48. The first kappa shape index (κ1) is 15.4. The SMILES string of the molecule is [N-]=[N+]=Nc1ccc(-c2ccc(N=[N+]=[N-])cc2S(=O)(=O)O)cc1. The summed E-state index contributed by atoms with van der Waals surface area (Å²) < 4.78 is 32.3. The second-order valence-electron chi connectivity index (χ2n) is 4.08. The first-order valence-corrected chi connectivity index (χ1v) is 7.22. The Bertz CT molecular complexity index is 910. The van der Waals surface area contributed by atoms with Crippen molar-refractivity contribution < 1.29 is 13.0 Å². The Balaban J connectivity index is 2.63. The van der Waals surface area contributed by atoms with Gasteiger partial charge in [-0.15, -0.1) is 0 Å². The van der Waals surface area contributed by atoms with Gasteiger partial charge in [0.2, 0.25) is 0 Å². The highest BCUT2D eigenvalue weighted by molar-refractivity contribution is 7.86. The lowest BCUT2D eigenvalue weighted by atomic mass is 10.0. The maximum Gasteiger partial charge on any atom is 0.295 e. The van der Waals surface area contributed by atoms with E-state index in [1.54, 1.807) is 12.1 Å². The van der Waals surface area contributed by atoms with Gasteiger partial charge in [0.15, 0.2) is 0 Å². The van der Waals surface area contributed by atoms with Crippen LogP contribution in [0.1, 0.15) is 0 Å². The van der Waals surface area contributed by atoms with Gasteiger partial charge in [0.25, 0.3) is 10.1 Å². The van der Waals surface area contributed by atoms with Crippen molar-refractivity contribution >= 4 is 21.5 Å². The lowest BCUT2D eigenvalue weighted by molar-refractivity contribution is 0.483. The van der Waals surface area contributed by atoms with Crippen LogP contribution in [0, 0.1) is 0 Å². The summed E-state index contributed by atoms with van der Waals surface area (Å²) in [6, 6.07) is 10.0. The fourth-order valence-corrected chi connectivity index (χ4v) is 2.57. The molecule has 0 aliphatic heterocycles. The molecule has 0 unspecified atom stereocenters. The minimum atomic E-state index is -4.51. The van der Waals surface area contributed by atoms with Crippen molar-refractivity contribution in [1.29, 1.82) is 0 Å². The molecule has 0 saturated carbocycles. The fraction of sp³-hybridized carbons (Fsp3) is 0. The first-order chi connectivity index (χ1) is 10.5. The van der Waals surface area contributed by atoms with Gasteiger partial charge in [-0.05, 0) is 22.7 Å². The van der Waals surface area contributed by atoms with E-state index < -0.39 is 10.1 Å². The quantitative estimate of drug-likeness (QED) is 0.382. The molecule has 0 aliphatic rings. The molecule has 2 aromatic carbocycles. The first-order valence-electron chi connectivity index (χ1n) is 5.78. The molecule has 10 heteroatoms. The molecule has 0 saturated heterocycles. The number of rotatable bonds is 4. The maximum absolute atomic E-state index is 11.5. The van der Waals surface area contributed by atoms with E-state index in [9.17, 15) is 13.0 Å². The summed E-state index contributed by atoms with van der Waals surface area (Å²) in [6.07, 6.45) is 0. The summed E-state index contributed by atoms with van der Waals surface area (Å²) in [4.78, 5) is 4.82. The molecule has 2 aromatic rings. The zero-order chi connectivity index (χ0) is 16.2. The molecule has 0 amide bonds. The van der Waals surface area contributed by atoms with E-state index >= 15 is 0 Å². The van der Waals surface area contributed by atoms with Crippen molar-refractivity contribution in [3.8, 4) is 11.1 Å². The molecule has 0 aliphatic carbocycles. The summed E-state index contributed by atoms with van der Waals surface area (Å²) in [7, 11) is -4.51. The summed E-state index contributed by atoms with van der Waals surface area (Å²) in [6.45, 7) is 0. The molecule has 0 radical (unpaired) electrons. The van der Waals surface area contributed by atoms with Crippen molar-refractivity contribution in [2.45, 2.75) is 4.90 Å². The number of nitrogens with zero attached hydrogens (tertiary/aromatic N) is 6. The minimum Gasteiger partial charge on any atom is -0.282 e. The normalized spacial score (nSPS) is 10.4. The van der Waals surface area contributed by atoms with Gasteiger partial charge in [0, 0.05) is 26.8 Å². The molecule has 0 heterocycles. The van der Waals surface area contributed by atoms with Crippen molar-refractivity contribution in [3.05, 3.63) is 63.4 Å². The van der Waals surface area contributed by atoms with Crippen LogP contribution in [0.25, 0.3) is 32.0 Å². The standard InChI is InChI=1S/C12H8N6O3S/c13-17-15-9-3-1-8(2-4-9)11-6-5-10(16-18-14)7-12(11)22(19,20)21/h1-7H,(H,19,20,21). The highest BCUT2D eigenvalue weighted by atomic mass is 32.2. The molecule has 9 nitrogen and oxygen atoms in total. The molecule has 0 aromatic heterocycles. The third kappa shape index (κ3) is 3.35. The van der Waals surface area contributed by atoms with Gasteiger partial charge in [0.1, 0.15) is 4.90 Å². The van der Waals surface area contributed by atoms with E-state index in [1.165, 1.54) is 24.3 Å². The van der Waals surface area contributed by atoms with Crippen molar-refractivity contribution in [2.75, 3.05) is 0 Å². The van der Waals surface area contributed by atoms with Crippen LogP contribution in [0.2, 0.25) is 0 Å². The second kappa shape index (κ2) is 6.17. The van der Waals surface area contributed by atoms with Gasteiger partial charge in [-0.25, -0.2) is 0 Å². The Labute approximate surface area is 124 Å². The largest absolute Gasteiger partial charge is 0.295 e. The van der Waals surface area contributed by atoms with Crippen LogP contribution in [0.3, 0.4) is 0 Å². The van der Waals surface area contributed by atoms with Crippen molar-refractivity contribution in [2.24, 2.45) is 10.2 Å². The van der Waals surface area contributed by atoms with Gasteiger partial charge in [-0.3, -0.25) is 4.55 Å². The molecule has 0 bridgehead atoms. The van der Waals surface area contributed by atoms with Crippen LogP contribution in [-0.4, -0.2) is 13.0 Å². The number of hydrogen-bond donors (Lipinski definition) is 1. The Morgan fingerprint density at radius 2 is 1.45 bits per heavy atom. The smallest absolute Gasteiger partial charge is 0.282 e. The molecule has 22 heavy (non-hydrogen) atoms. The van der Waals surface area contributed by atoms with E-state index in [-0.39, 0.29) is 16.1 Å². The molecule has 2 rings (SSSR count). The van der Waals surface area contributed by atoms with Crippen LogP contribution in [-0.2, 0) is 10.1 Å². The molecule has 0 fully saturated rings. The van der Waals surface area contributed by atoms with Gasteiger partial charge in [-0.2, -0.15) is 8.42 Å². The molecular formula is C12H8N6O3S. The molecular weight excluding hydrogens is 308 g/mol. The van der Waals surface area contributed by atoms with E-state index in [0.717, 1.165) is 6.07 Å². The van der Waals surface area contributed by atoms with E-state index in [1.807, 2.05) is 0 Å². The van der Waals surface area contributed by atoms with E-state index in [4.69, 9.17) is 11.1 Å². The fourth-order valence-electron chi connectivity index (χ4n) is 1.84. The molecule has 0 atom stereocenters. The van der Waals surface area contributed by atoms with Gasteiger partial charge < -0.3 is 0 Å². The minimum absolute atomic E-state index is 0.0598. The number of hydrogen-bond acceptors (Lipinski definition) is 4. The zero-order valence-electron chi connectivity index (χ0n) is 10.9. The third-order valence-corrected chi connectivity index (χ3v) is 3.64. The van der Waals surface area contributed by atoms with Crippen LogP contribution < -0.4 is 0 Å². The molecule has 1 N–H and O–H groups in total. The van der Waals surface area contributed by atoms with Gasteiger partial charge >= 0.3 is 0 Å². The predicted molar refractivity (Wildman–Crippen MR) is 79.3 cm³/mol. The second-order valence-corrected chi connectivity index (χ2v) is 5.47. The van der Waals surface area contributed by atoms with E-state index in [2.05, 4.69) is 20.1 Å². The summed E-state index contributed by atoms with van der Waals surface area (Å²) in [5, 5.41) is 6.71. The topological polar surface area (TPSA) is 152 Å². The van der Waals surface area contributed by atoms with Crippen LogP contribution in [0.4, 0.5) is 11.4 Å². The lowest BCUT2D eigenvalue weighted by Gasteiger charge is -2.08. The molecule has 0 spiro atoms. The van der Waals surface area contributed by atoms with Crippen LogP contribution in [0.5, 0.6) is 0 Å². The Hall–Kier alpha value is -3.03. The van der Waals surface area contributed by atoms with Crippen LogP contribution in [0.15, 0.2) is 57.6 Å². The third-order valence-electron chi connectivity index (χ3n) is 2.74. The van der Waals surface area contributed by atoms with Gasteiger partial charge in [-0.1, -0.05) is 46.6 Å². The summed E-state index contributed by atoms with van der Waals surface area (Å²) in [5.74, 6) is 0.